The minimum atomic E-state index is 1.18. The van der Waals surface area contributed by atoms with Crippen LogP contribution in [0.5, 0.6) is 0 Å². The molecule has 0 nitrogen and oxygen atoms in total. The van der Waals surface area contributed by atoms with E-state index in [9.17, 15) is 0 Å². The first-order valence-corrected chi connectivity index (χ1v) is 8.69. The normalized spacial score (nSPS) is 12.1. The van der Waals surface area contributed by atoms with E-state index < -0.39 is 0 Å². The molecule has 22 heavy (non-hydrogen) atoms. The molecule has 0 aromatic heterocycles. The van der Waals surface area contributed by atoms with Gasteiger partial charge in [-0.1, -0.05) is 87.4 Å². The second kappa shape index (κ2) is 9.25. The van der Waals surface area contributed by atoms with Crippen molar-refractivity contribution in [2.24, 2.45) is 0 Å². The first-order chi connectivity index (χ1) is 10.9. The molecule has 0 aliphatic rings. The molecule has 2 aromatic rings. The average molecular weight is 292 g/mol. The van der Waals surface area contributed by atoms with Gasteiger partial charge in [0.1, 0.15) is 0 Å². The predicted octanol–water partition coefficient (Wildman–Crippen LogP) is 6.98. The van der Waals surface area contributed by atoms with Gasteiger partial charge in [-0.3, -0.25) is 0 Å². The molecule has 0 aliphatic heterocycles. The minimum Gasteiger partial charge on any atom is -0.0654 e. The second-order valence-corrected chi connectivity index (χ2v) is 5.90. The van der Waals surface area contributed by atoms with Crippen molar-refractivity contribution in [3.8, 4) is 0 Å². The zero-order valence-electron chi connectivity index (χ0n) is 14.0. The Bertz CT molecular complexity index is 510. The van der Waals surface area contributed by atoms with Gasteiger partial charge >= 0.3 is 0 Å². The lowest BCUT2D eigenvalue weighted by molar-refractivity contribution is 0.808. The van der Waals surface area contributed by atoms with Gasteiger partial charge in [-0.15, -0.1) is 0 Å². The second-order valence-electron chi connectivity index (χ2n) is 5.90. The van der Waals surface area contributed by atoms with Crippen LogP contribution in [0.15, 0.2) is 60.7 Å². The molecular weight excluding hydrogens is 264 g/mol. The molecule has 0 unspecified atom stereocenters. The Morgan fingerprint density at radius 1 is 0.591 bits per heavy atom. The summed E-state index contributed by atoms with van der Waals surface area (Å²) in [5, 5.41) is 0. The molecule has 0 atom stereocenters. The predicted molar refractivity (Wildman–Crippen MR) is 98.7 cm³/mol. The van der Waals surface area contributed by atoms with E-state index in [0.717, 1.165) is 0 Å². The van der Waals surface area contributed by atoms with Crippen LogP contribution in [0.25, 0.3) is 11.1 Å². The summed E-state index contributed by atoms with van der Waals surface area (Å²) in [4.78, 5) is 0. The molecule has 0 heteroatoms. The van der Waals surface area contributed by atoms with Crippen molar-refractivity contribution in [3.63, 3.8) is 0 Å². The first-order valence-electron chi connectivity index (χ1n) is 8.69. The Labute approximate surface area is 135 Å². The monoisotopic (exact) mass is 292 g/mol. The Morgan fingerprint density at radius 3 is 1.27 bits per heavy atom. The lowest BCUT2D eigenvalue weighted by Gasteiger charge is -2.17. The lowest BCUT2D eigenvalue weighted by Crippen LogP contribution is -1.94. The van der Waals surface area contributed by atoms with Crippen LogP contribution in [0, 0.1) is 0 Å². The van der Waals surface area contributed by atoms with Crippen molar-refractivity contribution in [2.75, 3.05) is 0 Å². The molecule has 2 aromatic carbocycles. The Kier molecular flexibility index (Phi) is 6.96. The van der Waals surface area contributed by atoms with Gasteiger partial charge in [0.25, 0.3) is 0 Å². The highest BCUT2D eigenvalue weighted by molar-refractivity contribution is 5.90. The summed E-state index contributed by atoms with van der Waals surface area (Å²) in [6.45, 7) is 4.55. The van der Waals surface area contributed by atoms with Crippen LogP contribution in [0.1, 0.15) is 63.5 Å². The standard InChI is InChI=1S/C22H28/c1-3-5-17-21(19-13-9-7-10-14-19)22(18-6-4-2)20-15-11-8-12-16-20/h7-16H,3-6,17-18H2,1-2H3/b22-21+. The van der Waals surface area contributed by atoms with Gasteiger partial charge in [-0.25, -0.2) is 0 Å². The van der Waals surface area contributed by atoms with Crippen LogP contribution in [-0.2, 0) is 0 Å². The Hall–Kier alpha value is -1.82. The van der Waals surface area contributed by atoms with E-state index in [0.29, 0.717) is 0 Å². The van der Waals surface area contributed by atoms with Gasteiger partial charge in [0.15, 0.2) is 0 Å². The van der Waals surface area contributed by atoms with E-state index in [2.05, 4.69) is 74.5 Å². The van der Waals surface area contributed by atoms with E-state index in [1.807, 2.05) is 0 Å². The fraction of sp³-hybridized carbons (Fsp3) is 0.364. The number of unbranched alkanes of at least 4 members (excludes halogenated alkanes) is 2. The topological polar surface area (TPSA) is 0 Å². The number of rotatable bonds is 8. The molecule has 0 saturated heterocycles. The molecule has 0 heterocycles. The molecule has 0 radical (unpaired) electrons. The van der Waals surface area contributed by atoms with Crippen molar-refractivity contribution in [2.45, 2.75) is 52.4 Å². The van der Waals surface area contributed by atoms with Crippen LogP contribution in [0.4, 0.5) is 0 Å². The summed E-state index contributed by atoms with van der Waals surface area (Å²) in [6, 6.07) is 21.9. The lowest BCUT2D eigenvalue weighted by atomic mass is 9.88. The van der Waals surface area contributed by atoms with Gasteiger partial charge in [-0.05, 0) is 48.0 Å². The zero-order chi connectivity index (χ0) is 15.6. The van der Waals surface area contributed by atoms with Crippen LogP contribution in [0.3, 0.4) is 0 Å². The van der Waals surface area contributed by atoms with Crippen molar-refractivity contribution < 1.29 is 0 Å². The number of allylic oxidation sites excluding steroid dienone is 2. The van der Waals surface area contributed by atoms with Crippen LogP contribution < -0.4 is 0 Å². The van der Waals surface area contributed by atoms with Gasteiger partial charge in [0.2, 0.25) is 0 Å². The van der Waals surface area contributed by atoms with E-state index in [-0.39, 0.29) is 0 Å². The average Bonchev–Trinajstić information content (AvgIpc) is 2.59. The van der Waals surface area contributed by atoms with Crippen molar-refractivity contribution in [3.05, 3.63) is 71.8 Å². The third kappa shape index (κ3) is 4.59. The molecule has 0 fully saturated rings. The molecule has 2 rings (SSSR count). The fourth-order valence-corrected chi connectivity index (χ4v) is 2.92. The number of hydrogen-bond acceptors (Lipinski definition) is 0. The third-order valence-corrected chi connectivity index (χ3v) is 4.17. The number of benzene rings is 2. The largest absolute Gasteiger partial charge is 0.0654 e. The molecule has 116 valence electrons. The van der Waals surface area contributed by atoms with Crippen molar-refractivity contribution in [1.82, 2.24) is 0 Å². The summed E-state index contributed by atoms with van der Waals surface area (Å²) in [5.41, 5.74) is 5.88. The Balaban J connectivity index is 2.48. The van der Waals surface area contributed by atoms with Crippen molar-refractivity contribution >= 4 is 11.1 Å². The van der Waals surface area contributed by atoms with Crippen LogP contribution in [-0.4, -0.2) is 0 Å². The quantitative estimate of drug-likeness (QED) is 0.460. The summed E-state index contributed by atoms with van der Waals surface area (Å²) < 4.78 is 0. The molecule has 0 amide bonds. The van der Waals surface area contributed by atoms with E-state index >= 15 is 0 Å². The summed E-state index contributed by atoms with van der Waals surface area (Å²) in [6.07, 6.45) is 7.35. The van der Waals surface area contributed by atoms with Gasteiger partial charge in [0, 0.05) is 0 Å². The van der Waals surface area contributed by atoms with Crippen LogP contribution >= 0.6 is 0 Å². The van der Waals surface area contributed by atoms with Gasteiger partial charge in [-0.2, -0.15) is 0 Å². The Morgan fingerprint density at radius 2 is 0.955 bits per heavy atom. The first kappa shape index (κ1) is 16.5. The summed E-state index contributed by atoms with van der Waals surface area (Å²) >= 11 is 0. The highest BCUT2D eigenvalue weighted by atomic mass is 14.2. The van der Waals surface area contributed by atoms with E-state index in [1.165, 1.54) is 49.7 Å². The SMILES string of the molecule is CCCC/C(=C(/CCCC)c1ccccc1)c1ccccc1. The zero-order valence-corrected chi connectivity index (χ0v) is 14.0. The highest BCUT2D eigenvalue weighted by Gasteiger charge is 2.11. The minimum absolute atomic E-state index is 1.18. The molecule has 0 aliphatic carbocycles. The fourth-order valence-electron chi connectivity index (χ4n) is 2.92. The van der Waals surface area contributed by atoms with Gasteiger partial charge in [0.05, 0.1) is 0 Å². The maximum absolute atomic E-state index is 2.27. The summed E-state index contributed by atoms with van der Waals surface area (Å²) in [7, 11) is 0. The smallest absolute Gasteiger partial charge is 0.0222 e. The van der Waals surface area contributed by atoms with E-state index in [4.69, 9.17) is 0 Å². The van der Waals surface area contributed by atoms with E-state index in [1.54, 1.807) is 11.1 Å². The maximum atomic E-state index is 2.27. The summed E-state index contributed by atoms with van der Waals surface area (Å²) in [5.74, 6) is 0. The molecule has 0 bridgehead atoms. The molecule has 0 saturated carbocycles. The maximum Gasteiger partial charge on any atom is -0.0222 e. The van der Waals surface area contributed by atoms with Crippen molar-refractivity contribution in [1.29, 1.82) is 0 Å². The molecule has 0 spiro atoms. The number of hydrogen-bond donors (Lipinski definition) is 0. The van der Waals surface area contributed by atoms with Gasteiger partial charge < -0.3 is 0 Å². The highest BCUT2D eigenvalue weighted by Crippen LogP contribution is 2.33. The van der Waals surface area contributed by atoms with Crippen LogP contribution in [0.2, 0.25) is 0 Å². The third-order valence-electron chi connectivity index (χ3n) is 4.17. The molecular formula is C22H28. The molecule has 0 N–H and O–H groups in total.